The molecule has 1 N–H and O–H groups in total. The molecular formula is C19H20BrN3O4. The first-order chi connectivity index (χ1) is 13.0. The summed E-state index contributed by atoms with van der Waals surface area (Å²) in [5, 5.41) is 2.97. The van der Waals surface area contributed by atoms with Crippen LogP contribution in [0.5, 0.6) is 0 Å². The highest BCUT2D eigenvalue weighted by Gasteiger charge is 2.74. The highest BCUT2D eigenvalue weighted by atomic mass is 79.9. The molecule has 0 bridgehead atoms. The van der Waals surface area contributed by atoms with Gasteiger partial charge in [0.05, 0.1) is 25.0 Å². The van der Waals surface area contributed by atoms with E-state index in [1.54, 1.807) is 7.11 Å². The van der Waals surface area contributed by atoms with Gasteiger partial charge in [-0.1, -0.05) is 15.9 Å². The second-order valence-corrected chi connectivity index (χ2v) is 8.55. The van der Waals surface area contributed by atoms with Gasteiger partial charge in [0.25, 0.3) is 0 Å². The van der Waals surface area contributed by atoms with E-state index in [-0.39, 0.29) is 30.3 Å². The van der Waals surface area contributed by atoms with Crippen LogP contribution in [0.25, 0.3) is 0 Å². The zero-order valence-electron chi connectivity index (χ0n) is 14.9. The number of fused-ring (bicyclic) bond motifs is 7. The van der Waals surface area contributed by atoms with Crippen molar-refractivity contribution in [2.24, 2.45) is 11.8 Å². The van der Waals surface area contributed by atoms with E-state index in [2.05, 4.69) is 26.1 Å². The first kappa shape index (κ1) is 17.3. The number of anilines is 1. The summed E-state index contributed by atoms with van der Waals surface area (Å²) in [4.78, 5) is 43.3. The predicted octanol–water partition coefficient (Wildman–Crippen LogP) is 1.32. The number of nitrogens with one attached hydrogen (secondary N) is 1. The molecule has 3 saturated heterocycles. The van der Waals surface area contributed by atoms with Crippen LogP contribution in [0.1, 0.15) is 18.4 Å². The van der Waals surface area contributed by atoms with Crippen molar-refractivity contribution >= 4 is 39.3 Å². The molecular weight excluding hydrogens is 414 g/mol. The average Bonchev–Trinajstić information content (AvgIpc) is 3.33. The number of amides is 3. The SMILES string of the molecule is COCCN1C(=O)[C@@H]2[C@@H]3CCCN3[C@]3(C(=O)Nc4ccc(Br)cc43)[C@H]2C1=O. The topological polar surface area (TPSA) is 79.0 Å². The lowest BCUT2D eigenvalue weighted by molar-refractivity contribution is -0.146. The normalized spacial score (nSPS) is 34.4. The summed E-state index contributed by atoms with van der Waals surface area (Å²) >= 11 is 3.50. The third kappa shape index (κ3) is 2.01. The Labute approximate surface area is 165 Å². The van der Waals surface area contributed by atoms with Gasteiger partial charge in [-0.05, 0) is 37.6 Å². The standard InChI is InChI=1S/C19H20BrN3O4/c1-27-8-7-22-16(24)14-13-3-2-6-23(13)19(15(14)17(22)25)11-9-10(20)4-5-12(11)21-18(19)26/h4-5,9,13-15H,2-3,6-8H2,1H3,(H,21,26)/t13-,14+,15+,19-/m0/s1. The smallest absolute Gasteiger partial charge is 0.250 e. The Balaban J connectivity index is 1.69. The lowest BCUT2D eigenvalue weighted by Crippen LogP contribution is -2.54. The zero-order chi connectivity index (χ0) is 18.9. The van der Waals surface area contributed by atoms with E-state index in [1.807, 2.05) is 18.2 Å². The summed E-state index contributed by atoms with van der Waals surface area (Å²) in [6.07, 6.45) is 1.75. The Hall–Kier alpha value is -1.77. The molecule has 1 spiro atoms. The molecule has 0 aliphatic carbocycles. The van der Waals surface area contributed by atoms with Crippen LogP contribution in [0.2, 0.25) is 0 Å². The number of hydrogen-bond acceptors (Lipinski definition) is 5. The molecule has 7 nitrogen and oxygen atoms in total. The highest BCUT2D eigenvalue weighted by molar-refractivity contribution is 9.10. The molecule has 3 fully saturated rings. The van der Waals surface area contributed by atoms with Crippen LogP contribution in [0.4, 0.5) is 5.69 Å². The van der Waals surface area contributed by atoms with Gasteiger partial charge in [0.2, 0.25) is 17.7 Å². The Morgan fingerprint density at radius 3 is 2.89 bits per heavy atom. The summed E-state index contributed by atoms with van der Waals surface area (Å²) < 4.78 is 5.93. The summed E-state index contributed by atoms with van der Waals surface area (Å²) in [6.45, 7) is 1.25. The summed E-state index contributed by atoms with van der Waals surface area (Å²) in [5.74, 6) is -1.74. The van der Waals surface area contributed by atoms with E-state index in [9.17, 15) is 14.4 Å². The maximum atomic E-state index is 13.4. The number of ether oxygens (including phenoxy) is 1. The van der Waals surface area contributed by atoms with Crippen LogP contribution in [0.3, 0.4) is 0 Å². The van der Waals surface area contributed by atoms with Crippen LogP contribution in [0.15, 0.2) is 22.7 Å². The van der Waals surface area contributed by atoms with E-state index in [0.29, 0.717) is 6.61 Å². The number of imide groups is 1. The Morgan fingerprint density at radius 1 is 1.30 bits per heavy atom. The number of rotatable bonds is 3. The quantitative estimate of drug-likeness (QED) is 0.727. The molecule has 1 aromatic carbocycles. The zero-order valence-corrected chi connectivity index (χ0v) is 16.5. The third-order valence-electron chi connectivity index (χ3n) is 6.56. The molecule has 0 saturated carbocycles. The molecule has 27 heavy (non-hydrogen) atoms. The van der Waals surface area contributed by atoms with E-state index in [4.69, 9.17) is 4.74 Å². The molecule has 4 aliphatic heterocycles. The maximum Gasteiger partial charge on any atom is 0.250 e. The van der Waals surface area contributed by atoms with Gasteiger partial charge >= 0.3 is 0 Å². The fourth-order valence-corrected chi connectivity index (χ4v) is 6.00. The fraction of sp³-hybridized carbons (Fsp3) is 0.526. The molecule has 5 rings (SSSR count). The van der Waals surface area contributed by atoms with Crippen molar-refractivity contribution < 1.29 is 19.1 Å². The maximum absolute atomic E-state index is 13.4. The van der Waals surface area contributed by atoms with Crippen LogP contribution in [0, 0.1) is 11.8 Å². The minimum absolute atomic E-state index is 0.0744. The van der Waals surface area contributed by atoms with Crippen molar-refractivity contribution in [2.45, 2.75) is 24.4 Å². The molecule has 0 unspecified atom stereocenters. The summed E-state index contributed by atoms with van der Waals surface area (Å²) in [7, 11) is 1.55. The molecule has 4 heterocycles. The van der Waals surface area contributed by atoms with Gasteiger partial charge in [0.15, 0.2) is 0 Å². The number of carbonyl (C=O) groups is 3. The van der Waals surface area contributed by atoms with Crippen LogP contribution in [-0.2, 0) is 24.7 Å². The lowest BCUT2D eigenvalue weighted by Gasteiger charge is -2.36. The van der Waals surface area contributed by atoms with Crippen molar-refractivity contribution in [3.05, 3.63) is 28.2 Å². The molecule has 0 aromatic heterocycles. The predicted molar refractivity (Wildman–Crippen MR) is 99.8 cm³/mol. The number of benzene rings is 1. The molecule has 1 aromatic rings. The van der Waals surface area contributed by atoms with Gasteiger partial charge < -0.3 is 10.1 Å². The van der Waals surface area contributed by atoms with Crippen molar-refractivity contribution in [2.75, 3.05) is 32.1 Å². The number of nitrogens with zero attached hydrogens (tertiary/aromatic N) is 2. The first-order valence-corrected chi connectivity index (χ1v) is 10.0. The first-order valence-electron chi connectivity index (χ1n) is 9.24. The van der Waals surface area contributed by atoms with E-state index < -0.39 is 17.4 Å². The van der Waals surface area contributed by atoms with Crippen LogP contribution in [-0.4, -0.2) is 60.4 Å². The van der Waals surface area contributed by atoms with Crippen molar-refractivity contribution in [1.29, 1.82) is 0 Å². The Kier molecular flexibility index (Phi) is 3.76. The molecule has 4 aliphatic rings. The second-order valence-electron chi connectivity index (χ2n) is 7.64. The molecule has 142 valence electrons. The number of methoxy groups -OCH3 is 1. The van der Waals surface area contributed by atoms with Gasteiger partial charge in [-0.25, -0.2) is 0 Å². The molecule has 4 atom stereocenters. The third-order valence-corrected chi connectivity index (χ3v) is 7.06. The lowest BCUT2D eigenvalue weighted by atomic mass is 9.75. The average molecular weight is 434 g/mol. The molecule has 0 radical (unpaired) electrons. The van der Waals surface area contributed by atoms with Gasteiger partial charge in [-0.2, -0.15) is 0 Å². The Morgan fingerprint density at radius 2 is 2.11 bits per heavy atom. The largest absolute Gasteiger partial charge is 0.383 e. The molecule has 8 heteroatoms. The summed E-state index contributed by atoms with van der Waals surface area (Å²) in [6, 6.07) is 5.57. The summed E-state index contributed by atoms with van der Waals surface area (Å²) in [5.41, 5.74) is 0.431. The van der Waals surface area contributed by atoms with Crippen molar-refractivity contribution in [1.82, 2.24) is 9.80 Å². The van der Waals surface area contributed by atoms with E-state index in [1.165, 1.54) is 4.90 Å². The van der Waals surface area contributed by atoms with Gasteiger partial charge in [0.1, 0.15) is 5.54 Å². The highest BCUT2D eigenvalue weighted by Crippen LogP contribution is 2.60. The van der Waals surface area contributed by atoms with Gasteiger partial charge in [-0.3, -0.25) is 24.2 Å². The van der Waals surface area contributed by atoms with Crippen LogP contribution >= 0.6 is 15.9 Å². The van der Waals surface area contributed by atoms with Crippen molar-refractivity contribution in [3.63, 3.8) is 0 Å². The number of halogens is 1. The van der Waals surface area contributed by atoms with Gasteiger partial charge in [-0.15, -0.1) is 0 Å². The second kappa shape index (κ2) is 5.86. The van der Waals surface area contributed by atoms with E-state index >= 15 is 0 Å². The number of carbonyl (C=O) groups excluding carboxylic acids is 3. The Bertz CT molecular complexity index is 875. The minimum Gasteiger partial charge on any atom is -0.383 e. The van der Waals surface area contributed by atoms with Gasteiger partial charge in [0, 0.05) is 28.9 Å². The minimum atomic E-state index is -1.10. The van der Waals surface area contributed by atoms with Crippen LogP contribution < -0.4 is 5.32 Å². The number of likely N-dealkylation sites (tertiary alicyclic amines) is 1. The van der Waals surface area contributed by atoms with Crippen molar-refractivity contribution in [3.8, 4) is 0 Å². The number of hydrogen-bond donors (Lipinski definition) is 1. The van der Waals surface area contributed by atoms with E-state index in [0.717, 1.165) is 35.1 Å². The fourth-order valence-electron chi connectivity index (χ4n) is 5.64. The molecule has 3 amide bonds. The monoisotopic (exact) mass is 433 g/mol.